The first-order chi connectivity index (χ1) is 8.38. The Morgan fingerprint density at radius 3 is 2.67 bits per heavy atom. The number of rotatable bonds is 3. The van der Waals surface area contributed by atoms with Crippen LogP contribution in [0.2, 0.25) is 0 Å². The minimum Gasteiger partial charge on any atom is -0.328 e. The van der Waals surface area contributed by atoms with E-state index in [9.17, 15) is 23.7 Å². The molecule has 0 atom stereocenters. The highest BCUT2D eigenvalue weighted by Gasteiger charge is 2.25. The summed E-state index contributed by atoms with van der Waals surface area (Å²) in [4.78, 5) is 21.8. The quantitative estimate of drug-likeness (QED) is 0.464. The van der Waals surface area contributed by atoms with Crippen LogP contribution in [0.25, 0.3) is 0 Å². The molecule has 0 fully saturated rings. The molecule has 8 heteroatoms. The third kappa shape index (κ3) is 2.57. The monoisotopic (exact) mass is 255 g/mol. The van der Waals surface area contributed by atoms with Crippen molar-refractivity contribution in [2.75, 3.05) is 13.6 Å². The van der Waals surface area contributed by atoms with Gasteiger partial charge in [0.05, 0.1) is 22.6 Å². The number of hydrogen-bond donors (Lipinski definition) is 0. The first kappa shape index (κ1) is 13.5. The zero-order valence-electron chi connectivity index (χ0n) is 9.18. The fourth-order valence-electron chi connectivity index (χ4n) is 1.25. The number of nitrogens with zero attached hydrogens (tertiary/aromatic N) is 3. The zero-order chi connectivity index (χ0) is 13.9. The molecule has 0 unspecified atom stereocenters. The van der Waals surface area contributed by atoms with E-state index in [0.29, 0.717) is 12.1 Å². The average Bonchev–Trinajstić information content (AvgIpc) is 2.30. The average molecular weight is 255 g/mol. The van der Waals surface area contributed by atoms with Gasteiger partial charge >= 0.3 is 5.69 Å². The smallest absolute Gasteiger partial charge is 0.308 e. The Balaban J connectivity index is 3.29. The molecule has 0 heterocycles. The number of benzene rings is 1. The number of nitro benzene ring substituents is 1. The number of hydrogen-bond acceptors (Lipinski definition) is 4. The lowest BCUT2D eigenvalue weighted by atomic mass is 10.1. The van der Waals surface area contributed by atoms with Crippen LogP contribution in [0.15, 0.2) is 12.1 Å². The van der Waals surface area contributed by atoms with Crippen molar-refractivity contribution in [3.8, 4) is 6.07 Å². The van der Waals surface area contributed by atoms with Crippen LogP contribution in [0.3, 0.4) is 0 Å². The summed E-state index contributed by atoms with van der Waals surface area (Å²) in [6.07, 6.45) is 0. The van der Waals surface area contributed by atoms with Gasteiger partial charge in [-0.1, -0.05) is 0 Å². The van der Waals surface area contributed by atoms with E-state index in [0.717, 1.165) is 4.90 Å². The molecule has 0 aromatic heterocycles. The highest BCUT2D eigenvalue weighted by atomic mass is 19.1. The van der Waals surface area contributed by atoms with Crippen LogP contribution >= 0.6 is 0 Å². The van der Waals surface area contributed by atoms with Crippen LogP contribution in [0.5, 0.6) is 0 Å². The SMILES string of the molecule is CN(CC#N)C(=O)c1cc(F)cc([N+](=O)[O-])c1F. The summed E-state index contributed by atoms with van der Waals surface area (Å²) in [5.41, 5.74) is -1.90. The Hall–Kier alpha value is -2.56. The molecule has 0 bridgehead atoms. The maximum Gasteiger partial charge on any atom is 0.308 e. The summed E-state index contributed by atoms with van der Waals surface area (Å²) in [7, 11) is 1.20. The predicted octanol–water partition coefficient (Wildman–Crippen LogP) is 1.47. The second-order valence-electron chi connectivity index (χ2n) is 3.36. The summed E-state index contributed by atoms with van der Waals surface area (Å²) in [5.74, 6) is -3.52. The predicted molar refractivity (Wildman–Crippen MR) is 55.6 cm³/mol. The van der Waals surface area contributed by atoms with Gasteiger partial charge in [0.1, 0.15) is 12.4 Å². The molecule has 18 heavy (non-hydrogen) atoms. The van der Waals surface area contributed by atoms with Crippen LogP contribution in [0.4, 0.5) is 14.5 Å². The maximum absolute atomic E-state index is 13.6. The first-order valence-electron chi connectivity index (χ1n) is 4.64. The van der Waals surface area contributed by atoms with Crippen molar-refractivity contribution in [3.63, 3.8) is 0 Å². The summed E-state index contributed by atoms with van der Waals surface area (Å²) in [6, 6.07) is 2.58. The third-order valence-electron chi connectivity index (χ3n) is 2.10. The molecular weight excluding hydrogens is 248 g/mol. The van der Waals surface area contributed by atoms with Crippen molar-refractivity contribution >= 4 is 11.6 Å². The largest absolute Gasteiger partial charge is 0.328 e. The highest BCUT2D eigenvalue weighted by molar-refractivity contribution is 5.95. The molecule has 6 nitrogen and oxygen atoms in total. The summed E-state index contributed by atoms with van der Waals surface area (Å²) >= 11 is 0. The molecular formula is C10H7F2N3O3. The summed E-state index contributed by atoms with van der Waals surface area (Å²) < 4.78 is 26.7. The molecule has 1 aromatic carbocycles. The lowest BCUT2D eigenvalue weighted by Gasteiger charge is -2.13. The van der Waals surface area contributed by atoms with Crippen molar-refractivity contribution < 1.29 is 18.5 Å². The van der Waals surface area contributed by atoms with Gasteiger partial charge in [0.15, 0.2) is 0 Å². The Morgan fingerprint density at radius 1 is 1.56 bits per heavy atom. The van der Waals surface area contributed by atoms with Crippen LogP contribution < -0.4 is 0 Å². The maximum atomic E-state index is 13.6. The van der Waals surface area contributed by atoms with Gasteiger partial charge in [-0.05, 0) is 6.07 Å². The van der Waals surface area contributed by atoms with Gasteiger partial charge < -0.3 is 4.90 Å². The van der Waals surface area contributed by atoms with Crippen LogP contribution in [-0.2, 0) is 0 Å². The Labute approximate surface area is 100 Å². The molecule has 0 aliphatic heterocycles. The van der Waals surface area contributed by atoms with E-state index in [1.54, 1.807) is 6.07 Å². The first-order valence-corrected chi connectivity index (χ1v) is 4.64. The molecule has 0 aliphatic carbocycles. The minimum absolute atomic E-state index is 0.345. The van der Waals surface area contributed by atoms with E-state index < -0.39 is 33.7 Å². The van der Waals surface area contributed by atoms with Gasteiger partial charge in [-0.3, -0.25) is 14.9 Å². The third-order valence-corrected chi connectivity index (χ3v) is 2.10. The van der Waals surface area contributed by atoms with Crippen LogP contribution in [-0.4, -0.2) is 29.3 Å². The molecule has 0 saturated heterocycles. The van der Waals surface area contributed by atoms with Gasteiger partial charge in [-0.2, -0.15) is 9.65 Å². The number of amides is 1. The molecule has 1 amide bonds. The lowest BCUT2D eigenvalue weighted by Crippen LogP contribution is -2.28. The van der Waals surface area contributed by atoms with E-state index in [-0.39, 0.29) is 6.54 Å². The molecule has 0 radical (unpaired) electrons. The number of carbonyl (C=O) groups is 1. The second-order valence-corrected chi connectivity index (χ2v) is 3.36. The van der Waals surface area contributed by atoms with Crippen molar-refractivity contribution in [1.29, 1.82) is 5.26 Å². The molecule has 1 aromatic rings. The second kappa shape index (κ2) is 5.18. The highest BCUT2D eigenvalue weighted by Crippen LogP contribution is 2.23. The number of carbonyl (C=O) groups excluding carboxylic acids is 1. The van der Waals surface area contributed by atoms with Gasteiger partial charge in [-0.15, -0.1) is 0 Å². The topological polar surface area (TPSA) is 87.2 Å². The lowest BCUT2D eigenvalue weighted by molar-refractivity contribution is -0.387. The van der Waals surface area contributed by atoms with E-state index in [1.807, 2.05) is 0 Å². The van der Waals surface area contributed by atoms with Gasteiger partial charge in [0.25, 0.3) is 5.91 Å². The van der Waals surface area contributed by atoms with E-state index >= 15 is 0 Å². The molecule has 0 spiro atoms. The van der Waals surface area contributed by atoms with Crippen molar-refractivity contribution in [2.45, 2.75) is 0 Å². The fraction of sp³-hybridized carbons (Fsp3) is 0.200. The number of nitro groups is 1. The molecule has 0 saturated carbocycles. The summed E-state index contributed by atoms with van der Waals surface area (Å²) in [5, 5.41) is 18.8. The van der Waals surface area contributed by atoms with Gasteiger partial charge in [0, 0.05) is 7.05 Å². The molecule has 0 N–H and O–H groups in total. The number of halogens is 2. The standard InChI is InChI=1S/C10H7F2N3O3/c1-14(3-2-13)10(16)7-4-6(11)5-8(9(7)12)15(17)18/h4-5H,3H2,1H3. The molecule has 0 aliphatic rings. The number of nitriles is 1. The Kier molecular flexibility index (Phi) is 3.89. The summed E-state index contributed by atoms with van der Waals surface area (Å²) in [6.45, 7) is -0.345. The Bertz CT molecular complexity index is 554. The van der Waals surface area contributed by atoms with Gasteiger partial charge in [-0.25, -0.2) is 4.39 Å². The molecule has 94 valence electrons. The zero-order valence-corrected chi connectivity index (χ0v) is 9.18. The minimum atomic E-state index is -1.42. The van der Waals surface area contributed by atoms with Crippen molar-refractivity contribution in [3.05, 3.63) is 39.4 Å². The van der Waals surface area contributed by atoms with Crippen LogP contribution in [0.1, 0.15) is 10.4 Å². The van der Waals surface area contributed by atoms with Crippen molar-refractivity contribution in [1.82, 2.24) is 4.90 Å². The molecule has 1 rings (SSSR count). The van der Waals surface area contributed by atoms with Gasteiger partial charge in [0.2, 0.25) is 5.82 Å². The fourth-order valence-corrected chi connectivity index (χ4v) is 1.25. The van der Waals surface area contributed by atoms with E-state index in [4.69, 9.17) is 5.26 Å². The normalized spacial score (nSPS) is 9.67. The Morgan fingerprint density at radius 2 is 2.17 bits per heavy atom. The van der Waals surface area contributed by atoms with Crippen LogP contribution in [0, 0.1) is 33.1 Å². The van der Waals surface area contributed by atoms with E-state index in [1.165, 1.54) is 7.05 Å². The van der Waals surface area contributed by atoms with E-state index in [2.05, 4.69) is 0 Å². The van der Waals surface area contributed by atoms with Crippen molar-refractivity contribution in [2.24, 2.45) is 0 Å².